The Morgan fingerprint density at radius 3 is 1.22 bits per heavy atom. The fraction of sp³-hybridized carbons (Fsp3) is 0.0769. The van der Waals surface area contributed by atoms with E-state index < -0.39 is 0 Å². The highest BCUT2D eigenvalue weighted by Gasteiger charge is 2.35. The van der Waals surface area contributed by atoms with E-state index in [2.05, 4.69) is 181 Å². The largest absolute Gasteiger partial charge is 0.311 e. The highest BCUT2D eigenvalue weighted by molar-refractivity contribution is 5.87. The van der Waals surface area contributed by atoms with Crippen LogP contribution >= 0.6 is 0 Å². The molecule has 0 radical (unpaired) electrons. The minimum atomic E-state index is -0.0119. The molecule has 0 saturated heterocycles. The van der Waals surface area contributed by atoms with Gasteiger partial charge in [0.2, 0.25) is 0 Å². The summed E-state index contributed by atoms with van der Waals surface area (Å²) in [7, 11) is 0. The summed E-state index contributed by atoms with van der Waals surface area (Å²) in [4.78, 5) is 4.65. The average molecular weight is 529 g/mol. The number of para-hydroxylation sites is 3. The molecular weight excluding hydrogens is 496 g/mol. The van der Waals surface area contributed by atoms with Gasteiger partial charge in [0.15, 0.2) is 0 Å². The Bertz CT molecular complexity index is 1750. The predicted molar refractivity (Wildman–Crippen MR) is 173 cm³/mol. The molecule has 6 aromatic carbocycles. The molecule has 1 aliphatic rings. The summed E-state index contributed by atoms with van der Waals surface area (Å²) in [6, 6.07) is 56.4. The fourth-order valence-corrected chi connectivity index (χ4v) is 6.22. The summed E-state index contributed by atoms with van der Waals surface area (Å²) < 4.78 is 0. The van der Waals surface area contributed by atoms with E-state index in [9.17, 15) is 0 Å². The molecule has 41 heavy (non-hydrogen) atoms. The lowest BCUT2D eigenvalue weighted by molar-refractivity contribution is 0.660. The second-order valence-electron chi connectivity index (χ2n) is 11.1. The molecule has 0 heterocycles. The van der Waals surface area contributed by atoms with Gasteiger partial charge in [-0.05, 0) is 95.1 Å². The van der Waals surface area contributed by atoms with Crippen LogP contribution in [0.3, 0.4) is 0 Å². The minimum Gasteiger partial charge on any atom is -0.311 e. The number of fused-ring (bicyclic) bond motifs is 3. The second-order valence-corrected chi connectivity index (χ2v) is 11.1. The highest BCUT2D eigenvalue weighted by Crippen LogP contribution is 2.50. The van der Waals surface area contributed by atoms with Crippen molar-refractivity contribution < 1.29 is 0 Å². The SMILES string of the molecule is CC1(C)c2ccccc2-c2cc(N(c3ccccc3)c3ccc(N(c4ccccc4)c4ccccc4)cc3)ccc21. The smallest absolute Gasteiger partial charge is 0.0468 e. The van der Waals surface area contributed by atoms with Gasteiger partial charge in [0, 0.05) is 39.5 Å². The maximum atomic E-state index is 2.37. The third-order valence-electron chi connectivity index (χ3n) is 8.23. The number of hydrogen-bond donors (Lipinski definition) is 0. The lowest BCUT2D eigenvalue weighted by Crippen LogP contribution is -2.15. The third-order valence-corrected chi connectivity index (χ3v) is 8.23. The standard InChI is InChI=1S/C39H32N2/c1-39(2)37-21-13-12-20-35(37)36-28-34(26-27-38(36)39)41(31-18-10-5-11-19-31)33-24-22-32(23-25-33)40(29-14-6-3-7-15-29)30-16-8-4-9-17-30/h3-28H,1-2H3. The molecule has 2 heteroatoms. The third kappa shape index (κ3) is 4.38. The van der Waals surface area contributed by atoms with E-state index in [4.69, 9.17) is 0 Å². The Morgan fingerprint density at radius 2 is 0.707 bits per heavy atom. The molecular formula is C39H32N2. The fourth-order valence-electron chi connectivity index (χ4n) is 6.22. The van der Waals surface area contributed by atoms with E-state index in [0.29, 0.717) is 0 Å². The zero-order valence-electron chi connectivity index (χ0n) is 23.4. The van der Waals surface area contributed by atoms with Gasteiger partial charge in [0.25, 0.3) is 0 Å². The van der Waals surface area contributed by atoms with Crippen LogP contribution in [0.1, 0.15) is 25.0 Å². The van der Waals surface area contributed by atoms with Crippen LogP contribution in [0.4, 0.5) is 34.1 Å². The quantitative estimate of drug-likeness (QED) is 0.212. The van der Waals surface area contributed by atoms with E-state index in [-0.39, 0.29) is 5.41 Å². The van der Waals surface area contributed by atoms with Crippen LogP contribution < -0.4 is 9.80 Å². The monoisotopic (exact) mass is 528 g/mol. The van der Waals surface area contributed by atoms with E-state index in [1.54, 1.807) is 0 Å². The van der Waals surface area contributed by atoms with Gasteiger partial charge in [0.1, 0.15) is 0 Å². The van der Waals surface area contributed by atoms with Gasteiger partial charge in [-0.1, -0.05) is 98.8 Å². The second kappa shape index (κ2) is 10.1. The first-order valence-electron chi connectivity index (χ1n) is 14.2. The Morgan fingerprint density at radius 1 is 0.341 bits per heavy atom. The van der Waals surface area contributed by atoms with E-state index in [1.165, 1.54) is 22.3 Å². The van der Waals surface area contributed by atoms with Gasteiger partial charge >= 0.3 is 0 Å². The van der Waals surface area contributed by atoms with Gasteiger partial charge in [-0.2, -0.15) is 0 Å². The summed E-state index contributed by atoms with van der Waals surface area (Å²) >= 11 is 0. The molecule has 2 nitrogen and oxygen atoms in total. The average Bonchev–Trinajstić information content (AvgIpc) is 3.26. The molecule has 0 N–H and O–H groups in total. The summed E-state index contributed by atoms with van der Waals surface area (Å²) in [5.74, 6) is 0. The van der Waals surface area contributed by atoms with Crippen LogP contribution in [0.15, 0.2) is 158 Å². The normalized spacial score (nSPS) is 12.8. The van der Waals surface area contributed by atoms with E-state index >= 15 is 0 Å². The first-order valence-corrected chi connectivity index (χ1v) is 14.2. The predicted octanol–water partition coefficient (Wildman–Crippen LogP) is 10.9. The van der Waals surface area contributed by atoms with Crippen molar-refractivity contribution in [3.8, 4) is 11.1 Å². The Kier molecular flexibility index (Phi) is 6.17. The molecule has 0 amide bonds. The van der Waals surface area contributed by atoms with Crippen molar-refractivity contribution in [3.63, 3.8) is 0 Å². The summed E-state index contributed by atoms with van der Waals surface area (Å²) in [6.45, 7) is 4.66. The zero-order chi connectivity index (χ0) is 27.8. The maximum absolute atomic E-state index is 2.37. The van der Waals surface area contributed by atoms with Gasteiger partial charge < -0.3 is 9.80 Å². The minimum absolute atomic E-state index is 0.0119. The molecule has 1 aliphatic carbocycles. The van der Waals surface area contributed by atoms with Crippen molar-refractivity contribution in [2.24, 2.45) is 0 Å². The molecule has 0 fully saturated rings. The van der Waals surface area contributed by atoms with Crippen LogP contribution in [0.2, 0.25) is 0 Å². The van der Waals surface area contributed by atoms with Gasteiger partial charge in [0.05, 0.1) is 0 Å². The molecule has 0 aliphatic heterocycles. The van der Waals surface area contributed by atoms with Crippen LogP contribution in [0.25, 0.3) is 11.1 Å². The van der Waals surface area contributed by atoms with Crippen LogP contribution in [-0.2, 0) is 5.41 Å². The molecule has 7 rings (SSSR count). The van der Waals surface area contributed by atoms with Crippen molar-refractivity contribution in [3.05, 3.63) is 169 Å². The Hall–Kier alpha value is -5.08. The summed E-state index contributed by atoms with van der Waals surface area (Å²) in [5, 5.41) is 0. The number of benzene rings is 6. The van der Waals surface area contributed by atoms with Crippen molar-refractivity contribution in [2.75, 3.05) is 9.80 Å². The Labute approximate surface area is 242 Å². The molecule has 0 unspecified atom stereocenters. The van der Waals surface area contributed by atoms with Gasteiger partial charge in [-0.15, -0.1) is 0 Å². The number of hydrogen-bond acceptors (Lipinski definition) is 2. The van der Waals surface area contributed by atoms with Crippen LogP contribution in [0.5, 0.6) is 0 Å². The first kappa shape index (κ1) is 24.9. The van der Waals surface area contributed by atoms with Crippen molar-refractivity contribution >= 4 is 34.1 Å². The van der Waals surface area contributed by atoms with E-state index in [1.807, 2.05) is 0 Å². The summed E-state index contributed by atoms with van der Waals surface area (Å²) in [6.07, 6.45) is 0. The molecule has 0 aromatic heterocycles. The first-order chi connectivity index (χ1) is 20.1. The molecule has 0 saturated carbocycles. The topological polar surface area (TPSA) is 6.48 Å². The van der Waals surface area contributed by atoms with Crippen molar-refractivity contribution in [1.29, 1.82) is 0 Å². The molecule has 0 bridgehead atoms. The zero-order valence-corrected chi connectivity index (χ0v) is 23.4. The lowest BCUT2D eigenvalue weighted by atomic mass is 9.82. The van der Waals surface area contributed by atoms with Crippen molar-refractivity contribution in [1.82, 2.24) is 0 Å². The van der Waals surface area contributed by atoms with Gasteiger partial charge in [-0.25, -0.2) is 0 Å². The number of anilines is 6. The molecule has 0 atom stereocenters. The molecule has 6 aromatic rings. The van der Waals surface area contributed by atoms with Crippen LogP contribution in [0, 0.1) is 0 Å². The number of nitrogens with zero attached hydrogens (tertiary/aromatic N) is 2. The maximum Gasteiger partial charge on any atom is 0.0468 e. The summed E-state index contributed by atoms with van der Waals surface area (Å²) in [5.41, 5.74) is 12.2. The molecule has 0 spiro atoms. The lowest BCUT2D eigenvalue weighted by Gasteiger charge is -2.29. The van der Waals surface area contributed by atoms with Crippen molar-refractivity contribution in [2.45, 2.75) is 19.3 Å². The number of rotatable bonds is 6. The highest BCUT2D eigenvalue weighted by atomic mass is 15.2. The van der Waals surface area contributed by atoms with Gasteiger partial charge in [-0.3, -0.25) is 0 Å². The Balaban J connectivity index is 1.33. The van der Waals surface area contributed by atoms with E-state index in [0.717, 1.165) is 34.1 Å². The van der Waals surface area contributed by atoms with Crippen LogP contribution in [-0.4, -0.2) is 0 Å². The molecule has 198 valence electrons.